The smallest absolute Gasteiger partial charge is 0.469 e. The van der Waals surface area contributed by atoms with Crippen LogP contribution in [-0.4, -0.2) is 271 Å². The zero-order chi connectivity index (χ0) is 81.7. The van der Waals surface area contributed by atoms with Crippen molar-refractivity contribution in [1.82, 2.24) is 67.9 Å². The number of benzene rings is 1. The van der Waals surface area contributed by atoms with Gasteiger partial charge in [-0.3, -0.25) is 81.4 Å². The van der Waals surface area contributed by atoms with Crippen LogP contribution in [-0.2, 0) is 92.2 Å². The van der Waals surface area contributed by atoms with Crippen molar-refractivity contribution in [3.63, 3.8) is 0 Å². The molecule has 3 fully saturated rings. The summed E-state index contributed by atoms with van der Waals surface area (Å²) in [6, 6.07) is -11.8. The van der Waals surface area contributed by atoms with Gasteiger partial charge in [0.1, 0.15) is 78.5 Å². The maximum absolute atomic E-state index is 14.7. The Morgan fingerprint density at radius 3 is 1.50 bits per heavy atom. The van der Waals surface area contributed by atoms with Gasteiger partial charge >= 0.3 is 13.8 Å². The fourth-order valence-electron chi connectivity index (χ4n) is 12.4. The molecule has 109 heavy (non-hydrogen) atoms. The first kappa shape index (κ1) is 91.4. The Hall–Kier alpha value is -10.00. The number of aliphatic carboxylic acids is 1. The lowest BCUT2D eigenvalue weighted by atomic mass is 10.0. The number of hydrogen-bond donors (Lipinski definition) is 20. The number of phosphoric acid groups is 1. The second-order valence-corrected chi connectivity index (χ2v) is 28.7. The number of likely N-dealkylation sites (tertiary alicyclic amines) is 3. The van der Waals surface area contributed by atoms with Gasteiger partial charge in [0.25, 0.3) is 0 Å². The van der Waals surface area contributed by atoms with Gasteiger partial charge in [0, 0.05) is 45.4 Å². The van der Waals surface area contributed by atoms with Crippen molar-refractivity contribution in [3.05, 3.63) is 35.9 Å². The van der Waals surface area contributed by atoms with Crippen LogP contribution in [0.1, 0.15) is 131 Å². The third-order valence-electron chi connectivity index (χ3n) is 18.1. The molecule has 0 aromatic heterocycles. The molecule has 4 rings (SSSR count). The van der Waals surface area contributed by atoms with Crippen LogP contribution in [0, 0.1) is 11.8 Å². The summed E-state index contributed by atoms with van der Waals surface area (Å²) in [5.74, 6) is -17.4. The van der Waals surface area contributed by atoms with Crippen molar-refractivity contribution in [1.29, 1.82) is 0 Å². The summed E-state index contributed by atoms with van der Waals surface area (Å²) in [5, 5.41) is 54.5. The molecule has 0 saturated carbocycles. The van der Waals surface area contributed by atoms with Crippen molar-refractivity contribution in [2.75, 3.05) is 45.9 Å². The Morgan fingerprint density at radius 2 is 1.00 bits per heavy atom. The lowest BCUT2D eigenvalue weighted by Crippen LogP contribution is -2.62. The Kier molecular flexibility index (Phi) is 36.8. The molecule has 0 spiro atoms. The molecule has 0 aliphatic carbocycles. The minimum atomic E-state index is -5.47. The number of amides is 15. The number of guanidine groups is 1. The number of carbonyl (C=O) groups is 16. The molecule has 608 valence electrons. The monoisotopic (exact) mass is 1560 g/mol. The number of carboxylic acids is 1. The molecule has 0 radical (unpaired) electrons. The first-order valence-electron chi connectivity index (χ1n) is 35.7. The number of aliphatic hydroxyl groups excluding tert-OH is 2. The summed E-state index contributed by atoms with van der Waals surface area (Å²) in [4.78, 5) is 245. The number of aliphatic hydroxyl groups is 2. The zero-order valence-electron chi connectivity index (χ0n) is 61.7. The molecule has 3 saturated heterocycles. The van der Waals surface area contributed by atoms with E-state index in [2.05, 4.69) is 58.2 Å². The van der Waals surface area contributed by atoms with E-state index in [4.69, 9.17) is 33.2 Å². The summed E-state index contributed by atoms with van der Waals surface area (Å²) in [6.07, 6.45) is -3.51. The van der Waals surface area contributed by atoms with Gasteiger partial charge in [-0.2, -0.15) is 0 Å². The maximum atomic E-state index is 14.7. The number of aliphatic imine (C=N–C) groups is 1. The predicted octanol–water partition coefficient (Wildman–Crippen LogP) is -8.12. The molecule has 3 aliphatic heterocycles. The Balaban J connectivity index is 1.51. The Morgan fingerprint density at radius 1 is 0.532 bits per heavy atom. The zero-order valence-corrected chi connectivity index (χ0v) is 62.6. The highest BCUT2D eigenvalue weighted by Crippen LogP contribution is 2.39. The quantitative estimate of drug-likeness (QED) is 0.0125. The summed E-state index contributed by atoms with van der Waals surface area (Å²) in [5.41, 5.74) is 27.5. The van der Waals surface area contributed by atoms with Crippen molar-refractivity contribution in [3.8, 4) is 0 Å². The Labute approximate surface area is 628 Å². The second kappa shape index (κ2) is 43.9. The van der Waals surface area contributed by atoms with Crippen LogP contribution >= 0.6 is 7.82 Å². The van der Waals surface area contributed by atoms with Crippen molar-refractivity contribution >= 4 is 108 Å². The van der Waals surface area contributed by atoms with E-state index in [0.717, 1.165) is 11.8 Å². The van der Waals surface area contributed by atoms with E-state index in [1.54, 1.807) is 44.2 Å². The predicted molar refractivity (Wildman–Crippen MR) is 384 cm³/mol. The van der Waals surface area contributed by atoms with Gasteiger partial charge in [-0.1, -0.05) is 58.0 Å². The van der Waals surface area contributed by atoms with Gasteiger partial charge in [0.2, 0.25) is 88.6 Å². The molecule has 1 aromatic rings. The normalized spacial score (nSPS) is 18.6. The molecular formula is C66H106N19O23P. The molecular weight excluding hydrogens is 1460 g/mol. The van der Waals surface area contributed by atoms with E-state index >= 15 is 0 Å². The minimum Gasteiger partial charge on any atom is -0.480 e. The number of nitrogens with two attached hydrogens (primary N) is 5. The maximum Gasteiger partial charge on any atom is 0.469 e. The van der Waals surface area contributed by atoms with Gasteiger partial charge in [-0.15, -0.1) is 0 Å². The summed E-state index contributed by atoms with van der Waals surface area (Å²) in [6.45, 7) is 6.11. The summed E-state index contributed by atoms with van der Waals surface area (Å²) >= 11 is 0. The van der Waals surface area contributed by atoms with Crippen LogP contribution in [0.25, 0.3) is 0 Å². The number of rotatable bonds is 44. The van der Waals surface area contributed by atoms with Gasteiger partial charge in [0.05, 0.1) is 25.9 Å². The van der Waals surface area contributed by atoms with Crippen LogP contribution in [0.5, 0.6) is 0 Å². The minimum absolute atomic E-state index is 0.0563. The van der Waals surface area contributed by atoms with E-state index in [0.29, 0.717) is 18.4 Å². The second-order valence-electron chi connectivity index (χ2n) is 27.5. The molecule has 3 aliphatic rings. The van der Waals surface area contributed by atoms with Crippen LogP contribution in [0.2, 0.25) is 0 Å². The highest BCUT2D eigenvalue weighted by Gasteiger charge is 2.47. The van der Waals surface area contributed by atoms with Gasteiger partial charge in [-0.05, 0) is 102 Å². The SMILES string of the molecule is CC(C)C[C@H](NC(=O)[C@@H]1CCCN1C(=O)[C@@H]1CCCN1C(=O)[C@H](CO)NC(=O)CN)C(=O)N[C@H](C(=O)N1CCC[C@H]1C(=O)N[C@@H](CO)C(=O)N[C@@H](CCC(N)=O)C(=O)N[C@@H](CCC(N)=O)C(=O)N[C@H](C(=O)N[C@@H](C)C(=O)N[C@@H](Cc1ccccc1)C(=O)N[C@@H](CCCN=C(N)N)C(=O)O)C(C)C)[C@@H](C)OP(=O)(O)O. The fourth-order valence-corrected chi connectivity index (χ4v) is 13.0. The third kappa shape index (κ3) is 29.2. The van der Waals surface area contributed by atoms with Crippen LogP contribution in [0.15, 0.2) is 35.3 Å². The molecule has 42 nitrogen and oxygen atoms in total. The molecule has 15 amide bonds. The third-order valence-corrected chi connectivity index (χ3v) is 18.7. The summed E-state index contributed by atoms with van der Waals surface area (Å²) < 4.78 is 17.2. The topological polar surface area (TPSA) is 673 Å². The average Bonchev–Trinajstić information content (AvgIpc) is 1.69. The van der Waals surface area contributed by atoms with Crippen molar-refractivity contribution < 1.29 is 111 Å². The first-order chi connectivity index (χ1) is 51.2. The average molecular weight is 1560 g/mol. The van der Waals surface area contributed by atoms with Crippen molar-refractivity contribution in [2.24, 2.45) is 45.5 Å². The number of carboxylic acid groups (broad SMARTS) is 1. The van der Waals surface area contributed by atoms with Crippen LogP contribution in [0.4, 0.5) is 0 Å². The number of primary amides is 2. The first-order valence-corrected chi connectivity index (χ1v) is 37.2. The number of carbonyl (C=O) groups excluding carboxylic acids is 15. The fraction of sp³-hybridized carbons (Fsp3) is 0.652. The number of phosphoric ester groups is 1. The molecule has 3 heterocycles. The Bertz CT molecular complexity index is 3490. The lowest BCUT2D eigenvalue weighted by molar-refractivity contribution is -0.148. The number of nitrogens with one attached hydrogen (secondary N) is 10. The number of hydrogen-bond acceptors (Lipinski definition) is 22. The highest BCUT2D eigenvalue weighted by molar-refractivity contribution is 7.46. The molecule has 1 aromatic carbocycles. The van der Waals surface area contributed by atoms with E-state index in [1.165, 1.54) is 30.6 Å². The van der Waals surface area contributed by atoms with Gasteiger partial charge in [-0.25, -0.2) is 9.36 Å². The molecule has 25 N–H and O–H groups in total. The summed E-state index contributed by atoms with van der Waals surface area (Å²) in [7, 11) is -5.47. The molecule has 14 atom stereocenters. The van der Waals surface area contributed by atoms with E-state index in [9.17, 15) is 106 Å². The van der Waals surface area contributed by atoms with Crippen LogP contribution < -0.4 is 81.8 Å². The van der Waals surface area contributed by atoms with Crippen molar-refractivity contribution in [2.45, 2.75) is 216 Å². The van der Waals surface area contributed by atoms with E-state index in [1.807, 2.05) is 0 Å². The highest BCUT2D eigenvalue weighted by atomic mass is 31.2. The number of nitrogens with zero attached hydrogens (tertiary/aromatic N) is 4. The van der Waals surface area contributed by atoms with Gasteiger partial charge in [0.15, 0.2) is 5.96 Å². The lowest BCUT2D eigenvalue weighted by Gasteiger charge is -2.34. The largest absolute Gasteiger partial charge is 0.480 e. The van der Waals surface area contributed by atoms with Gasteiger partial charge < -0.3 is 122 Å². The van der Waals surface area contributed by atoms with E-state index < -0.39 is 238 Å². The molecule has 0 unspecified atom stereocenters. The van der Waals surface area contributed by atoms with Crippen LogP contribution in [0.3, 0.4) is 0 Å². The molecule has 43 heteroatoms. The molecule has 0 bridgehead atoms. The standard InChI is InChI=1S/C66H106N19O23P/c1-33(2)28-41(79-59(97)45-17-11-25-83(45)63(101)47-19-13-27-85(47)62(100)44(32-87)74-50(90)30-67)57(95)82-52(36(6)108-109(105,106)107)64(102)84-26-12-18-46(84)60(98)80-43(31-86)58(96)76-38(20-22-48(68)88)54(92)75-39(21-23-49(69)89)55(93)81-51(34(3)4)61(99)73-35(5)53(91)78-42(29-37-14-8-7-9-15-37)56(94)77-40(65(103)104)16-10-24-72-66(70)71/h7-9,14-15,33-36,38-47,51-52,86-87H,10-13,16-32,67H2,1-6H3,(H2,68,88)(H2,69,89)(H,73,99)(H,74,90)(H,75,92)(H,76,96)(H,77,94)(H,78,91)(H,79,97)(H,80,98)(H,81,93)(H,82,95)(H,103,104)(H4,70,71,72)(H2,105,106,107)/t35-,36+,38-,39-,40-,41-,42-,43-,44-,45-,46-,47-,51-,52-/m0/s1. The van der Waals surface area contributed by atoms with E-state index in [-0.39, 0.29) is 89.4 Å².